The molecule has 1 aliphatic carbocycles. The molecule has 27 heavy (non-hydrogen) atoms. The molecular formula is C22H31NO4. The fraction of sp³-hybridized carbons (Fsp3) is 0.591. The number of amides is 1. The van der Waals surface area contributed by atoms with Crippen LogP contribution in [-0.2, 0) is 14.3 Å². The highest BCUT2D eigenvalue weighted by Crippen LogP contribution is 2.39. The number of hydrogen-bond acceptors (Lipinski definition) is 4. The van der Waals surface area contributed by atoms with Crippen LogP contribution in [0.4, 0.5) is 0 Å². The topological polar surface area (TPSA) is 67.8 Å². The van der Waals surface area contributed by atoms with Crippen molar-refractivity contribution in [2.75, 3.05) is 13.2 Å². The smallest absolute Gasteiger partial charge is 0.286 e. The number of ether oxygens (including phenoxy) is 2. The molecule has 1 aromatic rings. The predicted molar refractivity (Wildman–Crippen MR) is 104 cm³/mol. The molecule has 0 bridgehead atoms. The second kappa shape index (κ2) is 9.90. The van der Waals surface area contributed by atoms with Gasteiger partial charge in [-0.3, -0.25) is 4.79 Å². The molecule has 1 aromatic carbocycles. The van der Waals surface area contributed by atoms with Gasteiger partial charge >= 0.3 is 0 Å². The van der Waals surface area contributed by atoms with Gasteiger partial charge < -0.3 is 19.9 Å². The molecule has 0 spiro atoms. The summed E-state index contributed by atoms with van der Waals surface area (Å²) in [6.07, 6.45) is 7.32. The van der Waals surface area contributed by atoms with Crippen LogP contribution in [0.3, 0.4) is 0 Å². The summed E-state index contributed by atoms with van der Waals surface area (Å²) in [5.74, 6) is 0.289. The molecular weight excluding hydrogens is 342 g/mol. The first-order valence-corrected chi connectivity index (χ1v) is 10.2. The Bertz CT molecular complexity index is 624. The highest BCUT2D eigenvalue weighted by molar-refractivity contribution is 5.92. The highest BCUT2D eigenvalue weighted by atomic mass is 16.7. The van der Waals surface area contributed by atoms with Crippen LogP contribution in [0.1, 0.15) is 56.9 Å². The van der Waals surface area contributed by atoms with Gasteiger partial charge in [0, 0.05) is 31.1 Å². The number of aliphatic hydroxyl groups is 1. The fourth-order valence-electron chi connectivity index (χ4n) is 4.15. The molecule has 0 saturated heterocycles. The first kappa shape index (κ1) is 19.9. The Kier molecular flexibility index (Phi) is 7.30. The largest absolute Gasteiger partial charge is 0.459 e. The van der Waals surface area contributed by atoms with E-state index in [2.05, 4.69) is 17.4 Å². The van der Waals surface area contributed by atoms with E-state index in [9.17, 15) is 9.90 Å². The summed E-state index contributed by atoms with van der Waals surface area (Å²) in [7, 11) is 0. The van der Waals surface area contributed by atoms with Crippen molar-refractivity contribution in [3.8, 4) is 0 Å². The zero-order chi connectivity index (χ0) is 19.1. The molecule has 0 radical (unpaired) electrons. The van der Waals surface area contributed by atoms with Crippen molar-refractivity contribution in [3.05, 3.63) is 47.7 Å². The van der Waals surface area contributed by atoms with Crippen molar-refractivity contribution in [1.82, 2.24) is 5.32 Å². The Morgan fingerprint density at radius 2 is 2.00 bits per heavy atom. The molecule has 5 heteroatoms. The number of allylic oxidation sites excluding steroid dienone is 1. The molecule has 1 fully saturated rings. The molecule has 1 aliphatic heterocycles. The van der Waals surface area contributed by atoms with E-state index in [-0.39, 0.29) is 30.4 Å². The third-order valence-electron chi connectivity index (χ3n) is 5.51. The fourth-order valence-corrected chi connectivity index (χ4v) is 4.15. The Balaban J connectivity index is 1.85. The van der Waals surface area contributed by atoms with Gasteiger partial charge in [0.15, 0.2) is 5.76 Å². The lowest BCUT2D eigenvalue weighted by atomic mass is 9.80. The maximum absolute atomic E-state index is 12.8. The van der Waals surface area contributed by atoms with E-state index in [1.807, 2.05) is 31.2 Å². The summed E-state index contributed by atoms with van der Waals surface area (Å²) in [5, 5.41) is 12.4. The molecule has 1 heterocycles. The Hall–Kier alpha value is -1.85. The van der Waals surface area contributed by atoms with E-state index in [4.69, 9.17) is 9.47 Å². The van der Waals surface area contributed by atoms with Crippen molar-refractivity contribution in [2.24, 2.45) is 5.92 Å². The second-order valence-corrected chi connectivity index (χ2v) is 7.39. The number of benzene rings is 1. The first-order valence-electron chi connectivity index (χ1n) is 10.2. The zero-order valence-corrected chi connectivity index (χ0v) is 16.1. The van der Waals surface area contributed by atoms with Crippen LogP contribution in [0.15, 0.2) is 42.2 Å². The Morgan fingerprint density at radius 1 is 1.26 bits per heavy atom. The van der Waals surface area contributed by atoms with Crippen molar-refractivity contribution in [2.45, 2.75) is 63.7 Å². The molecule has 1 saturated carbocycles. The summed E-state index contributed by atoms with van der Waals surface area (Å²) in [5.41, 5.74) is 1.14. The average molecular weight is 373 g/mol. The van der Waals surface area contributed by atoms with Crippen LogP contribution in [-0.4, -0.2) is 36.6 Å². The molecule has 0 unspecified atom stereocenters. The average Bonchev–Trinajstić information content (AvgIpc) is 3.20. The molecule has 0 aromatic heterocycles. The highest BCUT2D eigenvalue weighted by Gasteiger charge is 2.38. The van der Waals surface area contributed by atoms with E-state index < -0.39 is 6.29 Å². The Labute approximate surface area is 161 Å². The number of hydrogen-bond donors (Lipinski definition) is 2. The van der Waals surface area contributed by atoms with Crippen molar-refractivity contribution < 1.29 is 19.4 Å². The lowest BCUT2D eigenvalue weighted by molar-refractivity contribution is -0.166. The van der Waals surface area contributed by atoms with E-state index >= 15 is 0 Å². The molecule has 148 valence electrons. The molecule has 1 amide bonds. The van der Waals surface area contributed by atoms with Crippen LogP contribution in [0.5, 0.6) is 0 Å². The number of rotatable bonds is 8. The molecule has 2 N–H and O–H groups in total. The third kappa shape index (κ3) is 5.11. The van der Waals surface area contributed by atoms with Crippen molar-refractivity contribution in [3.63, 3.8) is 0 Å². The van der Waals surface area contributed by atoms with E-state index in [1.54, 1.807) is 0 Å². The first-order chi connectivity index (χ1) is 13.2. The molecule has 3 atom stereocenters. The van der Waals surface area contributed by atoms with E-state index in [0.717, 1.165) is 24.8 Å². The quantitative estimate of drug-likeness (QED) is 0.732. The molecule has 3 rings (SSSR count). The van der Waals surface area contributed by atoms with Gasteiger partial charge in [-0.1, -0.05) is 43.2 Å². The maximum atomic E-state index is 12.8. The summed E-state index contributed by atoms with van der Waals surface area (Å²) >= 11 is 0. The van der Waals surface area contributed by atoms with Crippen molar-refractivity contribution in [1.29, 1.82) is 0 Å². The van der Waals surface area contributed by atoms with Gasteiger partial charge in [0.2, 0.25) is 6.29 Å². The van der Waals surface area contributed by atoms with Crippen LogP contribution in [0.25, 0.3) is 0 Å². The lowest BCUT2D eigenvalue weighted by Gasteiger charge is -2.37. The van der Waals surface area contributed by atoms with Gasteiger partial charge in [-0.05, 0) is 44.2 Å². The van der Waals surface area contributed by atoms with E-state index in [1.165, 1.54) is 12.8 Å². The minimum atomic E-state index is -0.485. The summed E-state index contributed by atoms with van der Waals surface area (Å²) in [6.45, 7) is 2.58. The summed E-state index contributed by atoms with van der Waals surface area (Å²) < 4.78 is 11.9. The summed E-state index contributed by atoms with van der Waals surface area (Å²) in [6, 6.07) is 10.4. The third-order valence-corrected chi connectivity index (χ3v) is 5.51. The SMILES string of the molecule is CCO[C@H]1OC(C(=O)NC2CCCC2)=C[C@@H](c2ccccc2)[C@H]1CCCO. The standard InChI is InChI=1S/C22H31NO4/c1-2-26-22-18(13-8-14-24)19(16-9-4-3-5-10-16)15-20(27-22)21(25)23-17-11-6-7-12-17/h3-5,9-10,15,17-19,22,24H,2,6-8,11-14H2,1H3,(H,23,25)/t18-,19+,22+/m1/s1. The second-order valence-electron chi connectivity index (χ2n) is 7.39. The number of carbonyl (C=O) groups excluding carboxylic acids is 1. The Morgan fingerprint density at radius 3 is 2.67 bits per heavy atom. The zero-order valence-electron chi connectivity index (χ0n) is 16.1. The molecule has 5 nitrogen and oxygen atoms in total. The van der Waals surface area contributed by atoms with Gasteiger partial charge in [-0.2, -0.15) is 0 Å². The van der Waals surface area contributed by atoms with Crippen molar-refractivity contribution >= 4 is 5.91 Å². The number of carbonyl (C=O) groups is 1. The lowest BCUT2D eigenvalue weighted by Crippen LogP contribution is -2.41. The van der Waals surface area contributed by atoms with Gasteiger partial charge in [0.05, 0.1) is 0 Å². The molecule has 2 aliphatic rings. The minimum absolute atomic E-state index is 0.0207. The minimum Gasteiger partial charge on any atom is -0.459 e. The van der Waals surface area contributed by atoms with E-state index in [0.29, 0.717) is 18.8 Å². The number of nitrogens with one attached hydrogen (secondary N) is 1. The maximum Gasteiger partial charge on any atom is 0.286 e. The normalized spacial score (nSPS) is 25.7. The van der Waals surface area contributed by atoms with Crippen LogP contribution >= 0.6 is 0 Å². The monoisotopic (exact) mass is 373 g/mol. The predicted octanol–water partition coefficient (Wildman–Crippen LogP) is 3.49. The van der Waals surface area contributed by atoms with Gasteiger partial charge in [-0.15, -0.1) is 0 Å². The van der Waals surface area contributed by atoms with Crippen LogP contribution in [0.2, 0.25) is 0 Å². The van der Waals surface area contributed by atoms with Gasteiger partial charge in [-0.25, -0.2) is 0 Å². The van der Waals surface area contributed by atoms with Crippen LogP contribution < -0.4 is 5.32 Å². The van der Waals surface area contributed by atoms with Gasteiger partial charge in [0.1, 0.15) is 0 Å². The van der Waals surface area contributed by atoms with Crippen LogP contribution in [0, 0.1) is 5.92 Å². The van der Waals surface area contributed by atoms with Gasteiger partial charge in [0.25, 0.3) is 5.91 Å². The summed E-state index contributed by atoms with van der Waals surface area (Å²) in [4.78, 5) is 12.8. The number of aliphatic hydroxyl groups excluding tert-OH is 1.